The fraction of sp³-hybridized carbons (Fsp3) is 0.533. The van der Waals surface area contributed by atoms with Gasteiger partial charge in [-0.1, -0.05) is 6.07 Å². The number of nitrogens with two attached hydrogens (primary N) is 1. The lowest BCUT2D eigenvalue weighted by molar-refractivity contribution is 0.0692. The van der Waals surface area contributed by atoms with Gasteiger partial charge in [-0.2, -0.15) is 0 Å². The molecule has 0 aromatic heterocycles. The monoisotopic (exact) mass is 310 g/mol. The first-order valence-corrected chi connectivity index (χ1v) is 9.11. The molecule has 2 rings (SSSR count). The van der Waals surface area contributed by atoms with Gasteiger partial charge in [-0.3, -0.25) is 4.79 Å². The summed E-state index contributed by atoms with van der Waals surface area (Å²) >= 11 is 0. The number of carbonyl (C=O) groups is 1. The average Bonchev–Trinajstić information content (AvgIpc) is 3.14. The van der Waals surface area contributed by atoms with E-state index in [4.69, 9.17) is 5.73 Å². The molecule has 1 aliphatic carbocycles. The average molecular weight is 310 g/mol. The number of nitrogen functional groups attached to an aromatic ring is 1. The maximum absolute atomic E-state index is 12.8. The van der Waals surface area contributed by atoms with Crippen LogP contribution in [0.4, 0.5) is 5.69 Å². The van der Waals surface area contributed by atoms with Crippen LogP contribution in [0.25, 0.3) is 0 Å². The predicted octanol–water partition coefficient (Wildman–Crippen LogP) is 1.61. The molecule has 0 heterocycles. The summed E-state index contributed by atoms with van der Waals surface area (Å²) in [6.45, 7) is 3.65. The van der Waals surface area contributed by atoms with Gasteiger partial charge in [-0.05, 0) is 44.4 Å². The molecule has 6 heteroatoms. The van der Waals surface area contributed by atoms with Crippen molar-refractivity contribution in [1.29, 1.82) is 0 Å². The minimum atomic E-state index is -3.13. The van der Waals surface area contributed by atoms with Gasteiger partial charge < -0.3 is 10.6 Å². The molecule has 1 unspecified atom stereocenters. The van der Waals surface area contributed by atoms with Crippen molar-refractivity contribution in [2.24, 2.45) is 0 Å². The minimum Gasteiger partial charge on any atom is -0.399 e. The molecular weight excluding hydrogens is 288 g/mol. The number of amides is 1. The summed E-state index contributed by atoms with van der Waals surface area (Å²) in [7, 11) is -3.13. The van der Waals surface area contributed by atoms with Crippen molar-refractivity contribution >= 4 is 21.4 Å². The number of nitrogens with zero attached hydrogens (tertiary/aromatic N) is 1. The lowest BCUT2D eigenvalue weighted by atomic mass is 10.1. The number of carbonyl (C=O) groups excluding carboxylic acids is 1. The Morgan fingerprint density at radius 3 is 2.57 bits per heavy atom. The Balaban J connectivity index is 2.30. The Kier molecular flexibility index (Phi) is 4.27. The Morgan fingerprint density at radius 1 is 1.43 bits per heavy atom. The second-order valence-electron chi connectivity index (χ2n) is 5.96. The topological polar surface area (TPSA) is 80.5 Å². The van der Waals surface area contributed by atoms with Crippen LogP contribution < -0.4 is 5.73 Å². The van der Waals surface area contributed by atoms with Crippen LogP contribution in [0.5, 0.6) is 0 Å². The molecule has 1 saturated carbocycles. The predicted molar refractivity (Wildman–Crippen MR) is 84.0 cm³/mol. The molecule has 1 aromatic rings. The highest BCUT2D eigenvalue weighted by Crippen LogP contribution is 2.31. The third-order valence-corrected chi connectivity index (χ3v) is 4.77. The molecule has 0 bridgehead atoms. The first-order chi connectivity index (χ1) is 9.69. The zero-order valence-corrected chi connectivity index (χ0v) is 13.5. The van der Waals surface area contributed by atoms with Gasteiger partial charge in [0.05, 0.1) is 5.75 Å². The molecule has 2 N–H and O–H groups in total. The summed E-state index contributed by atoms with van der Waals surface area (Å²) in [6.07, 6.45) is 3.06. The largest absolute Gasteiger partial charge is 0.399 e. The molecule has 1 atom stereocenters. The first kappa shape index (κ1) is 15.8. The lowest BCUT2D eigenvalue weighted by Crippen LogP contribution is -2.44. The van der Waals surface area contributed by atoms with Gasteiger partial charge in [0.15, 0.2) is 0 Å². The summed E-state index contributed by atoms with van der Waals surface area (Å²) in [5, 5.41) is 0. The highest BCUT2D eigenvalue weighted by atomic mass is 32.2. The Hall–Kier alpha value is -1.56. The fourth-order valence-corrected chi connectivity index (χ4v) is 3.64. The number of hydrogen-bond acceptors (Lipinski definition) is 4. The molecule has 1 aromatic carbocycles. The molecule has 1 amide bonds. The number of anilines is 1. The summed E-state index contributed by atoms with van der Waals surface area (Å²) in [5.41, 5.74) is 7.72. The van der Waals surface area contributed by atoms with Crippen molar-refractivity contribution in [2.45, 2.75) is 38.8 Å². The number of sulfone groups is 1. The van der Waals surface area contributed by atoms with E-state index in [1.54, 1.807) is 24.0 Å². The number of benzene rings is 1. The van der Waals surface area contributed by atoms with E-state index < -0.39 is 9.84 Å². The van der Waals surface area contributed by atoms with Gasteiger partial charge >= 0.3 is 0 Å². The second kappa shape index (κ2) is 5.67. The summed E-state index contributed by atoms with van der Waals surface area (Å²) in [4.78, 5) is 14.5. The van der Waals surface area contributed by atoms with E-state index in [1.807, 2.05) is 13.0 Å². The normalized spacial score (nSPS) is 16.5. The van der Waals surface area contributed by atoms with E-state index in [2.05, 4.69) is 0 Å². The lowest BCUT2D eigenvalue weighted by Gasteiger charge is -2.29. The summed E-state index contributed by atoms with van der Waals surface area (Å²) in [5.74, 6) is -0.144. The standard InChI is InChI=1S/C15H22N2O3S/c1-10-4-5-12(16)8-14(10)15(18)17(13-6-7-13)11(2)9-21(3,19)20/h4-5,8,11,13H,6-7,9,16H2,1-3H3. The van der Waals surface area contributed by atoms with Gasteiger partial charge in [-0.25, -0.2) is 8.42 Å². The van der Waals surface area contributed by atoms with Crippen LogP contribution in [0, 0.1) is 6.92 Å². The first-order valence-electron chi connectivity index (χ1n) is 7.05. The zero-order chi connectivity index (χ0) is 15.8. The van der Waals surface area contributed by atoms with Crippen molar-refractivity contribution in [1.82, 2.24) is 4.90 Å². The molecule has 1 aliphatic rings. The molecule has 21 heavy (non-hydrogen) atoms. The van der Waals surface area contributed by atoms with E-state index in [-0.39, 0.29) is 23.7 Å². The molecule has 0 radical (unpaired) electrons. The Bertz CT molecular complexity index is 651. The quantitative estimate of drug-likeness (QED) is 0.838. The molecule has 1 fully saturated rings. The smallest absolute Gasteiger partial charge is 0.254 e. The van der Waals surface area contributed by atoms with Crippen LogP contribution in [-0.2, 0) is 9.84 Å². The molecular formula is C15H22N2O3S. The summed E-state index contributed by atoms with van der Waals surface area (Å²) in [6, 6.07) is 5.05. The number of rotatable bonds is 5. The van der Waals surface area contributed by atoms with Crippen LogP contribution in [0.3, 0.4) is 0 Å². The van der Waals surface area contributed by atoms with Crippen LogP contribution in [-0.4, -0.2) is 43.3 Å². The van der Waals surface area contributed by atoms with Crippen molar-refractivity contribution in [2.75, 3.05) is 17.7 Å². The highest BCUT2D eigenvalue weighted by molar-refractivity contribution is 7.90. The number of aryl methyl sites for hydroxylation is 1. The van der Waals surface area contributed by atoms with Crippen LogP contribution in [0.1, 0.15) is 35.7 Å². The van der Waals surface area contributed by atoms with Crippen molar-refractivity contribution in [3.8, 4) is 0 Å². The van der Waals surface area contributed by atoms with Crippen LogP contribution in [0.15, 0.2) is 18.2 Å². The van der Waals surface area contributed by atoms with Crippen molar-refractivity contribution in [3.05, 3.63) is 29.3 Å². The Labute approximate surface area is 126 Å². The van der Waals surface area contributed by atoms with E-state index in [0.717, 1.165) is 18.4 Å². The van der Waals surface area contributed by atoms with Crippen molar-refractivity contribution in [3.63, 3.8) is 0 Å². The van der Waals surface area contributed by atoms with E-state index in [0.29, 0.717) is 11.3 Å². The van der Waals surface area contributed by atoms with Gasteiger partial charge in [0.1, 0.15) is 9.84 Å². The third kappa shape index (κ3) is 3.97. The molecule has 5 nitrogen and oxygen atoms in total. The van der Waals surface area contributed by atoms with Crippen LogP contribution in [0.2, 0.25) is 0 Å². The second-order valence-corrected chi connectivity index (χ2v) is 8.14. The minimum absolute atomic E-state index is 0.0173. The van der Waals surface area contributed by atoms with Gasteiger partial charge in [-0.15, -0.1) is 0 Å². The van der Waals surface area contributed by atoms with E-state index >= 15 is 0 Å². The van der Waals surface area contributed by atoms with Crippen molar-refractivity contribution < 1.29 is 13.2 Å². The van der Waals surface area contributed by atoms with E-state index in [9.17, 15) is 13.2 Å². The molecule has 0 aliphatic heterocycles. The maximum Gasteiger partial charge on any atom is 0.254 e. The molecule has 0 spiro atoms. The Morgan fingerprint density at radius 2 is 2.05 bits per heavy atom. The highest BCUT2D eigenvalue weighted by Gasteiger charge is 2.37. The number of hydrogen-bond donors (Lipinski definition) is 1. The zero-order valence-electron chi connectivity index (χ0n) is 12.7. The third-order valence-electron chi connectivity index (χ3n) is 3.69. The molecule has 116 valence electrons. The van der Waals surface area contributed by atoms with Gasteiger partial charge in [0.2, 0.25) is 0 Å². The van der Waals surface area contributed by atoms with Crippen LogP contribution >= 0.6 is 0 Å². The SMILES string of the molecule is Cc1ccc(N)cc1C(=O)N(C(C)CS(C)(=O)=O)C1CC1. The maximum atomic E-state index is 12.8. The summed E-state index contributed by atoms with van der Waals surface area (Å²) < 4.78 is 23.0. The van der Waals surface area contributed by atoms with Gasteiger partial charge in [0.25, 0.3) is 5.91 Å². The van der Waals surface area contributed by atoms with E-state index in [1.165, 1.54) is 6.26 Å². The van der Waals surface area contributed by atoms with Gasteiger partial charge in [0, 0.05) is 29.6 Å². The fourth-order valence-electron chi connectivity index (χ4n) is 2.61. The molecule has 0 saturated heterocycles.